The van der Waals surface area contributed by atoms with Crippen molar-refractivity contribution in [2.45, 2.75) is 59.8 Å². The molecule has 0 radical (unpaired) electrons. The molecule has 6 atom stereocenters. The second kappa shape index (κ2) is 2.81. The van der Waals surface area contributed by atoms with Crippen molar-refractivity contribution in [3.05, 3.63) is 0 Å². The largest absolute Gasteiger partial charge is 0.0622 e. The molecule has 4 rings (SSSR count). The predicted molar refractivity (Wildman–Crippen MR) is 64.6 cm³/mol. The topological polar surface area (TPSA) is 0 Å². The summed E-state index contributed by atoms with van der Waals surface area (Å²) in [5.74, 6) is 4.09. The van der Waals surface area contributed by atoms with Crippen molar-refractivity contribution in [3.8, 4) is 0 Å². The molecular weight excluding hydrogens is 180 g/mol. The molecular formula is C15H26. The molecule has 0 aliphatic heterocycles. The van der Waals surface area contributed by atoms with Crippen molar-refractivity contribution >= 4 is 0 Å². The molecule has 0 aromatic carbocycles. The van der Waals surface area contributed by atoms with Crippen LogP contribution in [0.25, 0.3) is 0 Å². The van der Waals surface area contributed by atoms with E-state index in [4.69, 9.17) is 0 Å². The maximum absolute atomic E-state index is 2.62. The van der Waals surface area contributed by atoms with E-state index in [1.807, 2.05) is 0 Å². The fraction of sp³-hybridized carbons (Fsp3) is 1.00. The van der Waals surface area contributed by atoms with Gasteiger partial charge in [-0.15, -0.1) is 0 Å². The van der Waals surface area contributed by atoms with E-state index in [-0.39, 0.29) is 0 Å². The summed E-state index contributed by atoms with van der Waals surface area (Å²) >= 11 is 0. The lowest BCUT2D eigenvalue weighted by Gasteiger charge is -2.69. The van der Waals surface area contributed by atoms with Crippen LogP contribution < -0.4 is 0 Å². The molecule has 0 amide bonds. The van der Waals surface area contributed by atoms with Gasteiger partial charge in [0.2, 0.25) is 0 Å². The van der Waals surface area contributed by atoms with Crippen LogP contribution in [0, 0.1) is 34.5 Å². The molecule has 4 fully saturated rings. The van der Waals surface area contributed by atoms with Crippen LogP contribution in [-0.4, -0.2) is 0 Å². The fourth-order valence-electron chi connectivity index (χ4n) is 5.68. The van der Waals surface area contributed by atoms with E-state index < -0.39 is 0 Å². The van der Waals surface area contributed by atoms with Gasteiger partial charge in [0.25, 0.3) is 0 Å². The van der Waals surface area contributed by atoms with E-state index in [0.29, 0.717) is 10.8 Å². The minimum atomic E-state index is 0.672. The molecule has 0 heterocycles. The van der Waals surface area contributed by atoms with Gasteiger partial charge in [0.15, 0.2) is 0 Å². The molecule has 0 aromatic heterocycles. The van der Waals surface area contributed by atoms with Gasteiger partial charge in [-0.05, 0) is 66.6 Å². The second-order valence-corrected chi connectivity index (χ2v) is 7.28. The highest BCUT2D eigenvalue weighted by Crippen LogP contribution is 2.71. The Balaban J connectivity index is 2.07. The summed E-state index contributed by atoms with van der Waals surface area (Å²) in [7, 11) is 0. The molecule has 4 aliphatic carbocycles. The van der Waals surface area contributed by atoms with Gasteiger partial charge in [-0.3, -0.25) is 0 Å². The van der Waals surface area contributed by atoms with Crippen LogP contribution in [0.3, 0.4) is 0 Å². The Morgan fingerprint density at radius 2 is 1.60 bits per heavy atom. The molecule has 0 nitrogen and oxygen atoms in total. The zero-order valence-electron chi connectivity index (χ0n) is 10.8. The molecule has 0 heteroatoms. The summed E-state index contributed by atoms with van der Waals surface area (Å²) in [5.41, 5.74) is 1.35. The first-order valence-electron chi connectivity index (χ1n) is 6.99. The molecule has 0 spiro atoms. The summed E-state index contributed by atoms with van der Waals surface area (Å²) in [5, 5.41) is 0. The molecule has 4 saturated carbocycles. The van der Waals surface area contributed by atoms with Crippen molar-refractivity contribution in [3.63, 3.8) is 0 Å². The molecule has 4 aliphatic rings. The van der Waals surface area contributed by atoms with E-state index in [1.165, 1.54) is 25.7 Å². The van der Waals surface area contributed by atoms with Gasteiger partial charge < -0.3 is 0 Å². The van der Waals surface area contributed by atoms with Crippen LogP contribution in [0.2, 0.25) is 0 Å². The zero-order chi connectivity index (χ0) is 10.8. The Hall–Kier alpha value is 0. The van der Waals surface area contributed by atoms with Gasteiger partial charge in [0.05, 0.1) is 0 Å². The average Bonchev–Trinajstić information content (AvgIpc) is 2.21. The van der Waals surface area contributed by atoms with Crippen LogP contribution in [0.4, 0.5) is 0 Å². The molecule has 0 N–H and O–H groups in total. The first kappa shape index (κ1) is 10.2. The first-order valence-corrected chi connectivity index (χ1v) is 6.99. The lowest BCUT2D eigenvalue weighted by Crippen LogP contribution is -2.61. The minimum absolute atomic E-state index is 0.672. The summed E-state index contributed by atoms with van der Waals surface area (Å²) in [6.07, 6.45) is 7.59. The van der Waals surface area contributed by atoms with Crippen molar-refractivity contribution in [1.82, 2.24) is 0 Å². The molecule has 0 saturated heterocycles. The van der Waals surface area contributed by atoms with Gasteiger partial charge in [-0.1, -0.05) is 27.7 Å². The second-order valence-electron chi connectivity index (χ2n) is 7.28. The number of hydrogen-bond acceptors (Lipinski definition) is 0. The van der Waals surface area contributed by atoms with E-state index >= 15 is 0 Å². The van der Waals surface area contributed by atoms with E-state index in [2.05, 4.69) is 27.7 Å². The Kier molecular flexibility index (Phi) is 1.91. The first-order chi connectivity index (χ1) is 6.99. The fourth-order valence-corrected chi connectivity index (χ4v) is 5.68. The summed E-state index contributed by atoms with van der Waals surface area (Å²) < 4.78 is 0. The lowest BCUT2D eigenvalue weighted by atomic mass is 9.36. The lowest BCUT2D eigenvalue weighted by molar-refractivity contribution is -0.199. The quantitative estimate of drug-likeness (QED) is 0.547. The van der Waals surface area contributed by atoms with Crippen LogP contribution >= 0.6 is 0 Å². The summed E-state index contributed by atoms with van der Waals surface area (Å²) in [6, 6.07) is 0. The Labute approximate surface area is 94.8 Å². The highest BCUT2D eigenvalue weighted by atomic mass is 14.7. The monoisotopic (exact) mass is 206 g/mol. The maximum atomic E-state index is 2.62. The highest BCUT2D eigenvalue weighted by Gasteiger charge is 2.63. The van der Waals surface area contributed by atoms with Gasteiger partial charge in [-0.25, -0.2) is 0 Å². The van der Waals surface area contributed by atoms with Gasteiger partial charge in [0, 0.05) is 0 Å². The summed E-state index contributed by atoms with van der Waals surface area (Å²) in [6.45, 7) is 10.3. The van der Waals surface area contributed by atoms with Crippen LogP contribution in [0.5, 0.6) is 0 Å². The molecule has 86 valence electrons. The van der Waals surface area contributed by atoms with Crippen molar-refractivity contribution in [1.29, 1.82) is 0 Å². The zero-order valence-corrected chi connectivity index (χ0v) is 10.8. The van der Waals surface area contributed by atoms with Crippen molar-refractivity contribution in [2.75, 3.05) is 0 Å². The van der Waals surface area contributed by atoms with Crippen molar-refractivity contribution in [2.24, 2.45) is 34.5 Å². The van der Waals surface area contributed by atoms with E-state index in [0.717, 1.165) is 23.7 Å². The van der Waals surface area contributed by atoms with Crippen LogP contribution in [0.1, 0.15) is 59.8 Å². The Morgan fingerprint density at radius 1 is 0.933 bits per heavy atom. The molecule has 0 aromatic rings. The standard InChI is InChI=1S/C15H26/c1-10-5-7-14(3)11(2)12-6-8-15(14,4)13(10)9-12/h10-13H,5-9H2,1-4H3. The number of rotatable bonds is 0. The Bertz CT molecular complexity index is 282. The van der Waals surface area contributed by atoms with Crippen LogP contribution in [-0.2, 0) is 0 Å². The smallest absolute Gasteiger partial charge is 0.0238 e. The Morgan fingerprint density at radius 3 is 2.33 bits per heavy atom. The normalized spacial score (nSPS) is 63.2. The number of fused-ring (bicyclic) bond motifs is 1. The van der Waals surface area contributed by atoms with E-state index in [1.54, 1.807) is 6.42 Å². The molecule has 4 bridgehead atoms. The third-order valence-electron chi connectivity index (χ3n) is 7.23. The third-order valence-corrected chi connectivity index (χ3v) is 7.23. The highest BCUT2D eigenvalue weighted by molar-refractivity contribution is 5.12. The predicted octanol–water partition coefficient (Wildman–Crippen LogP) is 4.49. The molecule has 15 heavy (non-hydrogen) atoms. The maximum Gasteiger partial charge on any atom is -0.0238 e. The average molecular weight is 206 g/mol. The number of hydrogen-bond donors (Lipinski definition) is 0. The van der Waals surface area contributed by atoms with E-state index in [9.17, 15) is 0 Å². The summed E-state index contributed by atoms with van der Waals surface area (Å²) in [4.78, 5) is 0. The minimum Gasteiger partial charge on any atom is -0.0622 e. The van der Waals surface area contributed by atoms with Gasteiger partial charge >= 0.3 is 0 Å². The van der Waals surface area contributed by atoms with Crippen LogP contribution in [0.15, 0.2) is 0 Å². The molecule has 6 unspecified atom stereocenters. The van der Waals surface area contributed by atoms with Gasteiger partial charge in [-0.2, -0.15) is 0 Å². The van der Waals surface area contributed by atoms with Crippen molar-refractivity contribution < 1.29 is 0 Å². The third kappa shape index (κ3) is 0.996. The van der Waals surface area contributed by atoms with Gasteiger partial charge in [0.1, 0.15) is 0 Å². The SMILES string of the molecule is CC1CCC2(C)C(C)C3CCC2(C)C1C3.